The number of aliphatic carboxylic acids is 1. The van der Waals surface area contributed by atoms with Gasteiger partial charge in [0.25, 0.3) is 9.04 Å². The zero-order chi connectivity index (χ0) is 20.1. The summed E-state index contributed by atoms with van der Waals surface area (Å²) in [7, 11) is 0.535. The standard InChI is InChI=1S/C20H29O5Si/c1-8-14(19(22)23)16(21)12-10-13-9-11-15(20(2,3)4)18(24-5)17(13)25-26(6)7/h9-12,14H,8H2,1-7H3,(H,22,23). The number of allylic oxidation sites excluding steroid dienone is 1. The zero-order valence-corrected chi connectivity index (χ0v) is 17.7. The van der Waals surface area contributed by atoms with E-state index in [2.05, 4.69) is 20.8 Å². The summed E-state index contributed by atoms with van der Waals surface area (Å²) in [4.78, 5) is 23.3. The Morgan fingerprint density at radius 2 is 1.85 bits per heavy atom. The van der Waals surface area contributed by atoms with Crippen molar-refractivity contribution in [1.29, 1.82) is 0 Å². The summed E-state index contributed by atoms with van der Waals surface area (Å²) in [5.41, 5.74) is 1.58. The molecule has 1 N–H and O–H groups in total. The van der Waals surface area contributed by atoms with E-state index in [4.69, 9.17) is 14.3 Å². The average molecular weight is 378 g/mol. The number of carboxylic acids is 1. The third kappa shape index (κ3) is 5.46. The van der Waals surface area contributed by atoms with Gasteiger partial charge in [0.2, 0.25) is 0 Å². The van der Waals surface area contributed by atoms with Gasteiger partial charge in [-0.3, -0.25) is 9.59 Å². The molecule has 0 bridgehead atoms. The van der Waals surface area contributed by atoms with Crippen LogP contribution in [0.1, 0.15) is 45.2 Å². The second kappa shape index (κ2) is 9.03. The van der Waals surface area contributed by atoms with Crippen LogP contribution in [0.4, 0.5) is 0 Å². The summed E-state index contributed by atoms with van der Waals surface area (Å²) in [6.45, 7) is 12.0. The Bertz CT molecular complexity index is 686. The maximum absolute atomic E-state index is 12.2. The van der Waals surface area contributed by atoms with Crippen LogP contribution in [0.2, 0.25) is 13.1 Å². The van der Waals surface area contributed by atoms with E-state index in [0.29, 0.717) is 17.1 Å². The number of carboxylic acid groups (broad SMARTS) is 1. The molecule has 1 atom stereocenters. The number of hydrogen-bond donors (Lipinski definition) is 1. The lowest BCUT2D eigenvalue weighted by atomic mass is 9.85. The highest BCUT2D eigenvalue weighted by Gasteiger charge is 2.25. The van der Waals surface area contributed by atoms with Crippen molar-refractivity contribution in [3.05, 3.63) is 29.3 Å². The van der Waals surface area contributed by atoms with Crippen molar-refractivity contribution < 1.29 is 23.9 Å². The molecule has 5 nitrogen and oxygen atoms in total. The second-order valence-electron chi connectivity index (χ2n) is 7.36. The minimum atomic E-state index is -1.10. The maximum atomic E-state index is 12.2. The van der Waals surface area contributed by atoms with Gasteiger partial charge in [-0.1, -0.05) is 39.8 Å². The van der Waals surface area contributed by atoms with Crippen molar-refractivity contribution in [3.8, 4) is 11.5 Å². The Morgan fingerprint density at radius 1 is 1.23 bits per heavy atom. The molecule has 1 rings (SSSR count). The predicted octanol–water partition coefficient (Wildman–Crippen LogP) is 4.32. The number of hydrogen-bond acceptors (Lipinski definition) is 4. The maximum Gasteiger partial charge on any atom is 0.314 e. The van der Waals surface area contributed by atoms with Crippen LogP contribution in [0.5, 0.6) is 11.5 Å². The molecule has 0 aliphatic carbocycles. The number of benzene rings is 1. The van der Waals surface area contributed by atoms with Crippen molar-refractivity contribution in [3.63, 3.8) is 0 Å². The van der Waals surface area contributed by atoms with Crippen LogP contribution in [0.25, 0.3) is 6.08 Å². The monoisotopic (exact) mass is 377 g/mol. The van der Waals surface area contributed by atoms with E-state index in [1.807, 2.05) is 25.2 Å². The quantitative estimate of drug-likeness (QED) is 0.415. The third-order valence-electron chi connectivity index (χ3n) is 3.94. The van der Waals surface area contributed by atoms with E-state index < -0.39 is 26.7 Å². The van der Waals surface area contributed by atoms with Crippen LogP contribution >= 0.6 is 0 Å². The highest BCUT2D eigenvalue weighted by atomic mass is 28.3. The van der Waals surface area contributed by atoms with Crippen molar-refractivity contribution in [2.75, 3.05) is 7.11 Å². The first kappa shape index (κ1) is 22.0. The fourth-order valence-electron chi connectivity index (χ4n) is 2.60. The van der Waals surface area contributed by atoms with Gasteiger partial charge >= 0.3 is 5.97 Å². The molecule has 0 fully saturated rings. The van der Waals surface area contributed by atoms with Crippen LogP contribution < -0.4 is 9.16 Å². The molecule has 0 saturated heterocycles. The second-order valence-corrected chi connectivity index (χ2v) is 9.38. The van der Waals surface area contributed by atoms with Gasteiger partial charge in [0.05, 0.1) is 7.11 Å². The Hall–Kier alpha value is -2.08. The molecule has 6 heteroatoms. The first-order valence-electron chi connectivity index (χ1n) is 8.67. The smallest absolute Gasteiger partial charge is 0.314 e. The van der Waals surface area contributed by atoms with E-state index in [1.54, 1.807) is 20.1 Å². The van der Waals surface area contributed by atoms with E-state index >= 15 is 0 Å². The average Bonchev–Trinajstić information content (AvgIpc) is 2.51. The van der Waals surface area contributed by atoms with Gasteiger partial charge in [-0.15, -0.1) is 0 Å². The number of rotatable bonds is 8. The number of ether oxygens (including phenoxy) is 1. The number of carbonyl (C=O) groups excluding carboxylic acids is 1. The lowest BCUT2D eigenvalue weighted by Crippen LogP contribution is -2.21. The van der Waals surface area contributed by atoms with Crippen molar-refractivity contribution in [1.82, 2.24) is 0 Å². The summed E-state index contributed by atoms with van der Waals surface area (Å²) in [6.07, 6.45) is 3.19. The normalized spacial score (nSPS) is 13.1. The van der Waals surface area contributed by atoms with Crippen molar-refractivity contribution >= 4 is 26.9 Å². The zero-order valence-electron chi connectivity index (χ0n) is 16.7. The predicted molar refractivity (Wildman–Crippen MR) is 105 cm³/mol. The summed E-state index contributed by atoms with van der Waals surface area (Å²) >= 11 is 0. The van der Waals surface area contributed by atoms with E-state index in [-0.39, 0.29) is 11.8 Å². The van der Waals surface area contributed by atoms with Gasteiger partial charge < -0.3 is 14.3 Å². The summed E-state index contributed by atoms with van der Waals surface area (Å²) in [6, 6.07) is 3.84. The molecule has 0 amide bonds. The number of carbonyl (C=O) groups is 2. The van der Waals surface area contributed by atoms with Crippen LogP contribution in [0.3, 0.4) is 0 Å². The molecule has 26 heavy (non-hydrogen) atoms. The van der Waals surface area contributed by atoms with Crippen LogP contribution in [-0.4, -0.2) is 33.0 Å². The number of methoxy groups -OCH3 is 1. The molecule has 0 aromatic heterocycles. The Balaban J connectivity index is 3.40. The van der Waals surface area contributed by atoms with E-state index in [1.165, 1.54) is 6.08 Å². The molecule has 0 aliphatic heterocycles. The molecule has 1 radical (unpaired) electrons. The minimum Gasteiger partial charge on any atom is -0.540 e. The highest BCUT2D eigenvalue weighted by molar-refractivity contribution is 6.49. The van der Waals surface area contributed by atoms with Gasteiger partial charge in [0.15, 0.2) is 17.3 Å². The fraction of sp³-hybridized carbons (Fsp3) is 0.500. The topological polar surface area (TPSA) is 72.8 Å². The Labute approximate surface area is 157 Å². The van der Waals surface area contributed by atoms with E-state index in [9.17, 15) is 9.59 Å². The molecule has 0 saturated carbocycles. The van der Waals surface area contributed by atoms with Crippen LogP contribution in [0, 0.1) is 5.92 Å². The van der Waals surface area contributed by atoms with E-state index in [0.717, 1.165) is 5.56 Å². The lowest BCUT2D eigenvalue weighted by Gasteiger charge is -2.25. The van der Waals surface area contributed by atoms with Gasteiger partial charge in [0, 0.05) is 11.1 Å². The summed E-state index contributed by atoms with van der Waals surface area (Å²) in [5.74, 6) is -1.30. The lowest BCUT2D eigenvalue weighted by molar-refractivity contribution is -0.145. The fourth-order valence-corrected chi connectivity index (χ4v) is 3.22. The molecular formula is C20H29O5Si. The van der Waals surface area contributed by atoms with Crippen molar-refractivity contribution in [2.24, 2.45) is 5.92 Å². The van der Waals surface area contributed by atoms with Gasteiger partial charge in [-0.05, 0) is 37.1 Å². The molecule has 1 unspecified atom stereocenters. The SMILES string of the molecule is CCC(C(=O)O)C(=O)C=Cc1ccc(C(C)(C)C)c(OC)c1O[Si](C)C. The van der Waals surface area contributed by atoms with Crippen LogP contribution in [-0.2, 0) is 15.0 Å². The first-order chi connectivity index (χ1) is 12.0. The molecular weight excluding hydrogens is 348 g/mol. The Morgan fingerprint density at radius 3 is 2.27 bits per heavy atom. The van der Waals surface area contributed by atoms with Gasteiger partial charge in [-0.25, -0.2) is 0 Å². The number of ketones is 1. The van der Waals surface area contributed by atoms with Gasteiger partial charge in [0.1, 0.15) is 5.92 Å². The van der Waals surface area contributed by atoms with Crippen LogP contribution in [0.15, 0.2) is 18.2 Å². The Kier molecular flexibility index (Phi) is 7.63. The summed E-state index contributed by atoms with van der Waals surface area (Å²) < 4.78 is 11.7. The minimum absolute atomic E-state index is 0.132. The largest absolute Gasteiger partial charge is 0.540 e. The molecule has 0 heterocycles. The molecule has 0 aliphatic rings. The third-order valence-corrected chi connectivity index (χ3v) is 4.55. The molecule has 1 aromatic rings. The molecule has 0 spiro atoms. The first-order valence-corrected chi connectivity index (χ1v) is 11.1. The van der Waals surface area contributed by atoms with Gasteiger partial charge in [-0.2, -0.15) is 0 Å². The highest BCUT2D eigenvalue weighted by Crippen LogP contribution is 2.41. The molecule has 143 valence electrons. The summed E-state index contributed by atoms with van der Waals surface area (Å²) in [5, 5.41) is 9.13. The molecule has 1 aromatic carbocycles. The van der Waals surface area contributed by atoms with Crippen molar-refractivity contribution in [2.45, 2.75) is 52.6 Å².